The number of hydrogen-bond acceptors (Lipinski definition) is 4. The van der Waals surface area contributed by atoms with Gasteiger partial charge < -0.3 is 19.7 Å². The third-order valence-corrected chi connectivity index (χ3v) is 5.80. The first kappa shape index (κ1) is 20.7. The van der Waals surface area contributed by atoms with E-state index in [1.807, 2.05) is 25.1 Å². The standard InChI is InChI=1S/C25H26N2O4/c1-16(18-9-8-17-6-4-5-7-19(17)12-18)26-25(29)20-13-24(28)27(15-20)22-14-21(30-2)10-11-23(22)31-3/h4-12,14,16,20H,13,15H2,1-3H3,(H,26,29). The molecule has 31 heavy (non-hydrogen) atoms. The van der Waals surface area contributed by atoms with E-state index in [2.05, 4.69) is 29.6 Å². The molecule has 0 saturated carbocycles. The molecule has 3 aromatic carbocycles. The number of carbonyl (C=O) groups is 2. The number of fused-ring (bicyclic) bond motifs is 1. The van der Waals surface area contributed by atoms with Crippen LogP contribution in [0.3, 0.4) is 0 Å². The molecule has 2 unspecified atom stereocenters. The van der Waals surface area contributed by atoms with Crippen molar-refractivity contribution in [2.45, 2.75) is 19.4 Å². The molecule has 4 rings (SSSR count). The lowest BCUT2D eigenvalue weighted by molar-refractivity contribution is -0.126. The highest BCUT2D eigenvalue weighted by molar-refractivity contribution is 6.01. The number of anilines is 1. The van der Waals surface area contributed by atoms with Crippen LogP contribution < -0.4 is 19.7 Å². The molecule has 1 fully saturated rings. The van der Waals surface area contributed by atoms with E-state index in [1.165, 1.54) is 0 Å². The second-order valence-electron chi connectivity index (χ2n) is 7.78. The number of carbonyl (C=O) groups excluding carboxylic acids is 2. The maximum absolute atomic E-state index is 12.9. The fourth-order valence-electron chi connectivity index (χ4n) is 4.02. The topological polar surface area (TPSA) is 67.9 Å². The average molecular weight is 418 g/mol. The highest BCUT2D eigenvalue weighted by Crippen LogP contribution is 2.36. The molecule has 6 heteroatoms. The van der Waals surface area contributed by atoms with Crippen molar-refractivity contribution in [1.82, 2.24) is 5.32 Å². The Hall–Kier alpha value is -3.54. The summed E-state index contributed by atoms with van der Waals surface area (Å²) in [5.74, 6) is 0.538. The summed E-state index contributed by atoms with van der Waals surface area (Å²) in [4.78, 5) is 27.3. The van der Waals surface area contributed by atoms with Crippen LogP contribution >= 0.6 is 0 Å². The summed E-state index contributed by atoms with van der Waals surface area (Å²) in [6.45, 7) is 2.26. The summed E-state index contributed by atoms with van der Waals surface area (Å²) in [6.07, 6.45) is 0.163. The lowest BCUT2D eigenvalue weighted by Crippen LogP contribution is -2.34. The third-order valence-electron chi connectivity index (χ3n) is 5.80. The fourth-order valence-corrected chi connectivity index (χ4v) is 4.02. The number of ether oxygens (including phenoxy) is 2. The molecule has 1 saturated heterocycles. The lowest BCUT2D eigenvalue weighted by Gasteiger charge is -2.21. The number of methoxy groups -OCH3 is 2. The Morgan fingerprint density at radius 1 is 1.03 bits per heavy atom. The first-order valence-electron chi connectivity index (χ1n) is 10.3. The molecule has 2 amide bonds. The zero-order valence-corrected chi connectivity index (χ0v) is 17.9. The van der Waals surface area contributed by atoms with E-state index in [0.717, 1.165) is 16.3 Å². The molecule has 0 aliphatic carbocycles. The van der Waals surface area contributed by atoms with Crippen molar-refractivity contribution < 1.29 is 19.1 Å². The van der Waals surface area contributed by atoms with Crippen LogP contribution in [0.2, 0.25) is 0 Å². The highest BCUT2D eigenvalue weighted by Gasteiger charge is 2.37. The van der Waals surface area contributed by atoms with E-state index in [-0.39, 0.29) is 24.3 Å². The van der Waals surface area contributed by atoms with Crippen molar-refractivity contribution in [1.29, 1.82) is 0 Å². The minimum atomic E-state index is -0.425. The Kier molecular flexibility index (Phi) is 5.80. The molecule has 3 aromatic rings. The molecule has 1 aliphatic heterocycles. The van der Waals surface area contributed by atoms with Crippen LogP contribution in [0, 0.1) is 5.92 Å². The van der Waals surface area contributed by atoms with E-state index >= 15 is 0 Å². The van der Waals surface area contributed by atoms with Gasteiger partial charge in [0, 0.05) is 19.0 Å². The monoisotopic (exact) mass is 418 g/mol. The minimum absolute atomic E-state index is 0.106. The molecule has 0 bridgehead atoms. The van der Waals surface area contributed by atoms with Crippen molar-refractivity contribution in [2.75, 3.05) is 25.7 Å². The predicted octanol–water partition coefficient (Wildman–Crippen LogP) is 4.09. The van der Waals surface area contributed by atoms with Gasteiger partial charge in [-0.3, -0.25) is 9.59 Å². The van der Waals surface area contributed by atoms with Crippen LogP contribution in [0.1, 0.15) is 24.9 Å². The summed E-state index contributed by atoms with van der Waals surface area (Å²) in [5, 5.41) is 5.37. The molecular formula is C25H26N2O4. The van der Waals surface area contributed by atoms with Gasteiger partial charge in [0.1, 0.15) is 11.5 Å². The van der Waals surface area contributed by atoms with E-state index in [0.29, 0.717) is 23.7 Å². The van der Waals surface area contributed by atoms with E-state index in [9.17, 15) is 9.59 Å². The average Bonchev–Trinajstić information content (AvgIpc) is 3.19. The van der Waals surface area contributed by atoms with Gasteiger partial charge in [-0.1, -0.05) is 36.4 Å². The van der Waals surface area contributed by atoms with Crippen molar-refractivity contribution in [3.8, 4) is 11.5 Å². The smallest absolute Gasteiger partial charge is 0.227 e. The molecule has 1 heterocycles. The second-order valence-corrected chi connectivity index (χ2v) is 7.78. The highest BCUT2D eigenvalue weighted by atomic mass is 16.5. The van der Waals surface area contributed by atoms with Crippen LogP contribution in [-0.2, 0) is 9.59 Å². The summed E-state index contributed by atoms with van der Waals surface area (Å²) in [7, 11) is 3.13. The summed E-state index contributed by atoms with van der Waals surface area (Å²) in [6, 6.07) is 19.4. The van der Waals surface area contributed by atoms with Gasteiger partial charge in [-0.2, -0.15) is 0 Å². The number of amides is 2. The van der Waals surface area contributed by atoms with Crippen molar-refractivity contribution in [3.63, 3.8) is 0 Å². The van der Waals surface area contributed by atoms with Gasteiger partial charge in [-0.25, -0.2) is 0 Å². The molecule has 1 aliphatic rings. The molecule has 0 aromatic heterocycles. The molecular weight excluding hydrogens is 392 g/mol. The summed E-state index contributed by atoms with van der Waals surface area (Å²) >= 11 is 0. The molecule has 0 radical (unpaired) electrons. The van der Waals surface area contributed by atoms with E-state index in [1.54, 1.807) is 37.3 Å². The van der Waals surface area contributed by atoms with E-state index < -0.39 is 5.92 Å². The molecule has 1 N–H and O–H groups in total. The largest absolute Gasteiger partial charge is 0.497 e. The van der Waals surface area contributed by atoms with Crippen LogP contribution in [0.25, 0.3) is 10.8 Å². The minimum Gasteiger partial charge on any atom is -0.497 e. The van der Waals surface area contributed by atoms with Gasteiger partial charge >= 0.3 is 0 Å². The zero-order chi connectivity index (χ0) is 22.0. The maximum Gasteiger partial charge on any atom is 0.227 e. The van der Waals surface area contributed by atoms with Gasteiger partial charge in [0.05, 0.1) is 31.9 Å². The van der Waals surface area contributed by atoms with Crippen LogP contribution in [-0.4, -0.2) is 32.6 Å². The Balaban J connectivity index is 1.48. The molecule has 6 nitrogen and oxygen atoms in total. The summed E-state index contributed by atoms with van der Waals surface area (Å²) in [5.41, 5.74) is 1.65. The van der Waals surface area contributed by atoms with Gasteiger partial charge in [0.25, 0.3) is 0 Å². The predicted molar refractivity (Wildman–Crippen MR) is 121 cm³/mol. The van der Waals surface area contributed by atoms with Crippen LogP contribution in [0.4, 0.5) is 5.69 Å². The summed E-state index contributed by atoms with van der Waals surface area (Å²) < 4.78 is 10.7. The number of hydrogen-bond donors (Lipinski definition) is 1. The Labute approximate surface area is 181 Å². The zero-order valence-electron chi connectivity index (χ0n) is 17.9. The van der Waals surface area contributed by atoms with Crippen LogP contribution in [0.15, 0.2) is 60.7 Å². The molecule has 2 atom stereocenters. The Morgan fingerprint density at radius 3 is 2.55 bits per heavy atom. The first-order chi connectivity index (χ1) is 15.0. The number of benzene rings is 3. The van der Waals surface area contributed by atoms with Crippen molar-refractivity contribution >= 4 is 28.3 Å². The van der Waals surface area contributed by atoms with E-state index in [4.69, 9.17) is 9.47 Å². The Morgan fingerprint density at radius 2 is 1.81 bits per heavy atom. The number of nitrogens with one attached hydrogen (secondary N) is 1. The first-order valence-corrected chi connectivity index (χ1v) is 10.3. The third kappa shape index (κ3) is 4.19. The van der Waals surface area contributed by atoms with Gasteiger partial charge in [0.2, 0.25) is 11.8 Å². The van der Waals surface area contributed by atoms with Gasteiger partial charge in [0.15, 0.2) is 0 Å². The molecule has 160 valence electrons. The number of nitrogens with zero attached hydrogens (tertiary/aromatic N) is 1. The fraction of sp³-hybridized carbons (Fsp3) is 0.280. The quantitative estimate of drug-likeness (QED) is 0.655. The lowest BCUT2D eigenvalue weighted by atomic mass is 10.0. The Bertz CT molecular complexity index is 1130. The van der Waals surface area contributed by atoms with Gasteiger partial charge in [-0.05, 0) is 41.5 Å². The number of rotatable bonds is 6. The normalized spacial score (nSPS) is 16.9. The van der Waals surface area contributed by atoms with Crippen LogP contribution in [0.5, 0.6) is 11.5 Å². The van der Waals surface area contributed by atoms with Gasteiger partial charge in [-0.15, -0.1) is 0 Å². The van der Waals surface area contributed by atoms with Crippen molar-refractivity contribution in [3.05, 3.63) is 66.2 Å². The van der Waals surface area contributed by atoms with Crippen molar-refractivity contribution in [2.24, 2.45) is 5.92 Å². The SMILES string of the molecule is COc1ccc(OC)c(N2CC(C(=O)NC(C)c3ccc4ccccc4c3)CC2=O)c1. The molecule has 0 spiro atoms. The maximum atomic E-state index is 12.9. The second kappa shape index (κ2) is 8.68.